The molecule has 0 aliphatic carbocycles. The molecule has 0 aromatic heterocycles. The van der Waals surface area contributed by atoms with E-state index < -0.39 is 24.5 Å². The highest BCUT2D eigenvalue weighted by molar-refractivity contribution is 7.99. The maximum Gasteiger partial charge on any atom is 0.214 e. The highest BCUT2D eigenvalue weighted by atomic mass is 32.2. The first-order chi connectivity index (χ1) is 10.7. The number of rotatable bonds is 6. The lowest BCUT2D eigenvalue weighted by Crippen LogP contribution is -2.57. The maximum atomic E-state index is 10.2. The molecule has 7 nitrogen and oxygen atoms in total. The maximum absolute atomic E-state index is 10.2. The number of thioether (sulfide) groups is 1. The first kappa shape index (κ1) is 17.1. The summed E-state index contributed by atoms with van der Waals surface area (Å²) in [5.74, 6) is 0.690. The van der Waals surface area contributed by atoms with Gasteiger partial charge in [0.05, 0.1) is 11.9 Å². The van der Waals surface area contributed by atoms with E-state index in [4.69, 9.17) is 15.0 Å². The molecule has 0 saturated carbocycles. The van der Waals surface area contributed by atoms with E-state index >= 15 is 0 Å². The summed E-state index contributed by atoms with van der Waals surface area (Å²) in [6.45, 7) is -0.346. The van der Waals surface area contributed by atoms with Gasteiger partial charge in [-0.3, -0.25) is 0 Å². The Labute approximate surface area is 132 Å². The number of hydrogen-bond acceptors (Lipinski definition) is 7. The van der Waals surface area contributed by atoms with Gasteiger partial charge in [0, 0.05) is 12.9 Å². The van der Waals surface area contributed by atoms with E-state index in [0.717, 1.165) is 5.56 Å². The van der Waals surface area contributed by atoms with Crippen molar-refractivity contribution >= 4 is 11.8 Å². The Hall–Kier alpha value is -1.28. The zero-order chi connectivity index (χ0) is 15.9. The average Bonchev–Trinajstić information content (AvgIpc) is 2.56. The smallest absolute Gasteiger partial charge is 0.214 e. The molecule has 2 rings (SSSR count). The van der Waals surface area contributed by atoms with Gasteiger partial charge in [-0.05, 0) is 5.56 Å². The van der Waals surface area contributed by atoms with Crippen LogP contribution in [-0.2, 0) is 15.2 Å². The number of nitrogens with zero attached hydrogens (tertiary/aromatic N) is 2. The van der Waals surface area contributed by atoms with Crippen molar-refractivity contribution < 1.29 is 19.7 Å². The van der Waals surface area contributed by atoms with Crippen LogP contribution < -0.4 is 4.91 Å². The first-order valence-corrected chi connectivity index (χ1v) is 7.95. The van der Waals surface area contributed by atoms with Gasteiger partial charge in [0.2, 0.25) is 4.91 Å². The highest BCUT2D eigenvalue weighted by Crippen LogP contribution is 2.34. The number of aliphatic hydroxyl groups excluding tert-OH is 2. The Morgan fingerprint density at radius 3 is 2.73 bits per heavy atom. The lowest BCUT2D eigenvalue weighted by molar-refractivity contribution is -0.221. The normalized spacial score (nSPS) is 31.5. The fourth-order valence-electron chi connectivity index (χ4n) is 2.39. The predicted molar refractivity (Wildman–Crippen MR) is 81.4 cm³/mol. The second kappa shape index (κ2) is 8.38. The fraction of sp³-hybridized carbons (Fsp3) is 0.571. The summed E-state index contributed by atoms with van der Waals surface area (Å²) in [5, 5.41) is 23.0. The molecule has 1 aromatic carbocycles. The Kier molecular flexibility index (Phi) is 6.50. The van der Waals surface area contributed by atoms with Gasteiger partial charge < -0.3 is 19.7 Å². The van der Waals surface area contributed by atoms with Crippen molar-refractivity contribution in [2.75, 3.05) is 13.7 Å². The third-order valence-corrected chi connectivity index (χ3v) is 4.92. The minimum atomic E-state index is -1.03. The van der Waals surface area contributed by atoms with E-state index in [9.17, 15) is 10.2 Å². The molecule has 1 aliphatic rings. The molecular weight excluding hydrogens is 306 g/mol. The molecule has 1 heterocycles. The van der Waals surface area contributed by atoms with Crippen LogP contribution in [-0.4, -0.2) is 53.7 Å². The van der Waals surface area contributed by atoms with Gasteiger partial charge in [-0.1, -0.05) is 30.3 Å². The molecule has 5 atom stereocenters. The molecule has 8 heteroatoms. The Balaban J connectivity index is 2.14. The van der Waals surface area contributed by atoms with E-state index in [1.807, 2.05) is 30.3 Å². The minimum absolute atomic E-state index is 0.322. The van der Waals surface area contributed by atoms with Gasteiger partial charge in [0.15, 0.2) is 12.3 Å². The molecule has 1 fully saturated rings. The number of aliphatic hydroxyl groups is 2. The summed E-state index contributed by atoms with van der Waals surface area (Å²) in [6.07, 6.45) is -2.46. The van der Waals surface area contributed by atoms with Crippen molar-refractivity contribution in [2.45, 2.75) is 35.5 Å². The van der Waals surface area contributed by atoms with E-state index in [1.165, 1.54) is 18.9 Å². The van der Waals surface area contributed by atoms with Crippen LogP contribution in [0.5, 0.6) is 0 Å². The Morgan fingerprint density at radius 1 is 1.41 bits per heavy atom. The first-order valence-electron chi connectivity index (χ1n) is 6.90. The molecule has 0 spiro atoms. The van der Waals surface area contributed by atoms with E-state index in [1.54, 1.807) is 0 Å². The van der Waals surface area contributed by atoms with Crippen molar-refractivity contribution in [3.8, 4) is 0 Å². The lowest BCUT2D eigenvalue weighted by Gasteiger charge is -2.39. The van der Waals surface area contributed by atoms with Crippen molar-refractivity contribution in [3.63, 3.8) is 0 Å². The molecule has 5 unspecified atom stereocenters. The van der Waals surface area contributed by atoms with Gasteiger partial charge in [0.1, 0.15) is 22.9 Å². The van der Waals surface area contributed by atoms with Gasteiger partial charge in [-0.15, -0.1) is 11.8 Å². The summed E-state index contributed by atoms with van der Waals surface area (Å²) >= 11 is 1.52. The minimum Gasteiger partial charge on any atom is -0.394 e. The van der Waals surface area contributed by atoms with Gasteiger partial charge in [0.25, 0.3) is 0 Å². The third kappa shape index (κ3) is 3.92. The standard InChI is InChI=1S/C14H20N3O4S/c1-20-14-13(22-8-9-5-3-2-4-6-9)11(16-17-15)12(19)10(7-18)21-14/h2-6,10-15,18-19H,7-8H2,1H3/q+1. The van der Waals surface area contributed by atoms with Crippen molar-refractivity contribution in [3.05, 3.63) is 35.9 Å². The molecule has 22 heavy (non-hydrogen) atoms. The third-order valence-electron chi connectivity index (χ3n) is 3.53. The van der Waals surface area contributed by atoms with Crippen LogP contribution in [0.2, 0.25) is 0 Å². The van der Waals surface area contributed by atoms with Crippen LogP contribution in [0.4, 0.5) is 0 Å². The van der Waals surface area contributed by atoms with Gasteiger partial charge >= 0.3 is 0 Å². The van der Waals surface area contributed by atoms with Crippen molar-refractivity contribution in [1.29, 1.82) is 5.53 Å². The Morgan fingerprint density at radius 2 is 2.14 bits per heavy atom. The number of nitrogens with one attached hydrogen (secondary N) is 1. The molecule has 0 radical (unpaired) electrons. The van der Waals surface area contributed by atoms with Gasteiger partial charge in [-0.2, -0.15) is 0 Å². The zero-order valence-electron chi connectivity index (χ0n) is 12.2. The molecule has 0 bridgehead atoms. The number of hydrogen-bond donors (Lipinski definition) is 3. The fourth-order valence-corrected chi connectivity index (χ4v) is 3.71. The molecule has 0 amide bonds. The summed E-state index contributed by atoms with van der Waals surface area (Å²) < 4.78 is 10.9. The zero-order valence-corrected chi connectivity index (χ0v) is 13.0. The lowest BCUT2D eigenvalue weighted by atomic mass is 9.99. The number of methoxy groups -OCH3 is 1. The second-order valence-electron chi connectivity index (χ2n) is 4.92. The summed E-state index contributed by atoms with van der Waals surface area (Å²) in [4.78, 5) is 3.06. The van der Waals surface area contributed by atoms with Crippen LogP contribution in [0.25, 0.3) is 0 Å². The molecule has 1 saturated heterocycles. The summed E-state index contributed by atoms with van der Waals surface area (Å²) in [5.41, 5.74) is 8.08. The van der Waals surface area contributed by atoms with Crippen LogP contribution in [0.3, 0.4) is 0 Å². The quantitative estimate of drug-likeness (QED) is 0.532. The molecule has 120 valence electrons. The van der Waals surface area contributed by atoms with Crippen molar-refractivity contribution in [2.24, 2.45) is 5.11 Å². The van der Waals surface area contributed by atoms with E-state index in [0.29, 0.717) is 5.75 Å². The topological polar surface area (TPSA) is 109 Å². The van der Waals surface area contributed by atoms with Crippen LogP contribution >= 0.6 is 11.8 Å². The van der Waals surface area contributed by atoms with Gasteiger partial charge in [-0.25, -0.2) is 0 Å². The SMILES string of the molecule is COC1OC(CO)C(O)C(N=[N+]=N)C1SCc1ccccc1. The van der Waals surface area contributed by atoms with Crippen LogP contribution in [0.15, 0.2) is 35.4 Å². The van der Waals surface area contributed by atoms with E-state index in [-0.39, 0.29) is 11.9 Å². The molecule has 1 aliphatic heterocycles. The molecule has 1 aromatic rings. The predicted octanol–water partition coefficient (Wildman–Crippen LogP) is 0.932. The van der Waals surface area contributed by atoms with Crippen LogP contribution in [0, 0.1) is 5.53 Å². The number of ether oxygens (including phenoxy) is 2. The number of benzene rings is 1. The second-order valence-corrected chi connectivity index (χ2v) is 6.09. The molecular formula is C14H20N3O4S+. The summed E-state index contributed by atoms with van der Waals surface area (Å²) in [7, 11) is 1.50. The summed E-state index contributed by atoms with van der Waals surface area (Å²) in [6, 6.07) is 9.21. The monoisotopic (exact) mass is 326 g/mol. The van der Waals surface area contributed by atoms with Crippen molar-refractivity contribution in [1.82, 2.24) is 4.91 Å². The van der Waals surface area contributed by atoms with Crippen LogP contribution in [0.1, 0.15) is 5.56 Å². The highest BCUT2D eigenvalue weighted by Gasteiger charge is 2.48. The largest absolute Gasteiger partial charge is 0.394 e. The average molecular weight is 326 g/mol. The van der Waals surface area contributed by atoms with E-state index in [2.05, 4.69) is 10.0 Å². The molecule has 3 N–H and O–H groups in total. The Bertz CT molecular complexity index is 512.